The lowest BCUT2D eigenvalue weighted by Crippen LogP contribution is -2.38. The number of nitrogens with zero attached hydrogens (tertiary/aromatic N) is 2. The number of aromatic nitrogens is 2. The van der Waals surface area contributed by atoms with Crippen molar-refractivity contribution in [2.45, 2.75) is 19.5 Å². The monoisotopic (exact) mass is 180 g/mol. The summed E-state index contributed by atoms with van der Waals surface area (Å²) in [5, 5.41) is 2.92. The van der Waals surface area contributed by atoms with E-state index in [9.17, 15) is 4.79 Å². The Hall–Kier alpha value is -1.49. The number of hydrogen-bond donors (Lipinski definition) is 2. The third-order valence-corrected chi connectivity index (χ3v) is 1.63. The summed E-state index contributed by atoms with van der Waals surface area (Å²) < 4.78 is 0. The van der Waals surface area contributed by atoms with Gasteiger partial charge in [0.25, 0.3) is 0 Å². The van der Waals surface area contributed by atoms with E-state index in [1.165, 1.54) is 0 Å². The number of rotatable bonds is 4. The molecule has 13 heavy (non-hydrogen) atoms. The van der Waals surface area contributed by atoms with Gasteiger partial charge >= 0.3 is 0 Å². The summed E-state index contributed by atoms with van der Waals surface area (Å²) in [6.07, 6.45) is 4.84. The van der Waals surface area contributed by atoms with E-state index in [-0.39, 0.29) is 11.9 Å². The molecule has 0 aliphatic heterocycles. The molecule has 0 aliphatic rings. The zero-order chi connectivity index (χ0) is 9.68. The highest BCUT2D eigenvalue weighted by atomic mass is 16.1. The van der Waals surface area contributed by atoms with Gasteiger partial charge < -0.3 is 11.1 Å². The Morgan fingerprint density at radius 1 is 1.69 bits per heavy atom. The fraction of sp³-hybridized carbons (Fsp3) is 0.375. The average Bonchev–Trinajstić information content (AvgIpc) is 2.15. The van der Waals surface area contributed by atoms with Gasteiger partial charge in [-0.1, -0.05) is 0 Å². The molecule has 0 aliphatic carbocycles. The lowest BCUT2D eigenvalue weighted by molar-refractivity contribution is -0.119. The second-order valence-electron chi connectivity index (χ2n) is 2.70. The standard InChI is InChI=1S/C8H12N4O/c1-6(8(9)13)12-5-7-4-10-2-3-11-7/h2-4,6,12H,5H2,1H3,(H2,9,13). The van der Waals surface area contributed by atoms with Crippen molar-refractivity contribution in [3.05, 3.63) is 24.3 Å². The molecule has 5 nitrogen and oxygen atoms in total. The first-order chi connectivity index (χ1) is 6.20. The lowest BCUT2D eigenvalue weighted by atomic mass is 10.3. The Balaban J connectivity index is 2.39. The van der Waals surface area contributed by atoms with Crippen LogP contribution >= 0.6 is 0 Å². The van der Waals surface area contributed by atoms with Crippen LogP contribution in [0.25, 0.3) is 0 Å². The van der Waals surface area contributed by atoms with Crippen molar-refractivity contribution < 1.29 is 4.79 Å². The number of nitrogens with two attached hydrogens (primary N) is 1. The summed E-state index contributed by atoms with van der Waals surface area (Å²) in [5.41, 5.74) is 5.85. The number of primary amides is 1. The molecular weight excluding hydrogens is 168 g/mol. The Bertz CT molecular complexity index is 275. The Labute approximate surface area is 76.4 Å². The fourth-order valence-corrected chi connectivity index (χ4v) is 0.780. The normalized spacial score (nSPS) is 12.4. The van der Waals surface area contributed by atoms with Gasteiger partial charge in [0.15, 0.2) is 0 Å². The Morgan fingerprint density at radius 2 is 2.46 bits per heavy atom. The van der Waals surface area contributed by atoms with Crippen LogP contribution in [-0.2, 0) is 11.3 Å². The molecule has 1 heterocycles. The van der Waals surface area contributed by atoms with E-state index < -0.39 is 0 Å². The highest BCUT2D eigenvalue weighted by Gasteiger charge is 2.06. The van der Waals surface area contributed by atoms with Crippen LogP contribution in [0.4, 0.5) is 0 Å². The maximum atomic E-state index is 10.6. The number of carbonyl (C=O) groups is 1. The second-order valence-corrected chi connectivity index (χ2v) is 2.70. The predicted octanol–water partition coefficient (Wildman–Crippen LogP) is -0.560. The Morgan fingerprint density at radius 3 is 3.00 bits per heavy atom. The van der Waals surface area contributed by atoms with Crippen LogP contribution in [0.1, 0.15) is 12.6 Å². The zero-order valence-corrected chi connectivity index (χ0v) is 7.40. The fourth-order valence-electron chi connectivity index (χ4n) is 0.780. The molecule has 0 saturated carbocycles. The summed E-state index contributed by atoms with van der Waals surface area (Å²) in [7, 11) is 0. The van der Waals surface area contributed by atoms with Crippen molar-refractivity contribution in [2.75, 3.05) is 0 Å². The number of amides is 1. The van der Waals surface area contributed by atoms with Crippen LogP contribution in [0.2, 0.25) is 0 Å². The van der Waals surface area contributed by atoms with Crippen LogP contribution < -0.4 is 11.1 Å². The maximum Gasteiger partial charge on any atom is 0.234 e. The highest BCUT2D eigenvalue weighted by Crippen LogP contribution is 1.90. The number of carbonyl (C=O) groups excluding carboxylic acids is 1. The van der Waals surface area contributed by atoms with E-state index in [2.05, 4.69) is 15.3 Å². The Kier molecular flexibility index (Phi) is 3.33. The highest BCUT2D eigenvalue weighted by molar-refractivity contribution is 5.79. The minimum Gasteiger partial charge on any atom is -0.368 e. The topological polar surface area (TPSA) is 80.9 Å². The molecule has 0 saturated heterocycles. The van der Waals surface area contributed by atoms with Gasteiger partial charge in [-0.05, 0) is 6.92 Å². The minimum absolute atomic E-state index is 0.345. The van der Waals surface area contributed by atoms with Crippen molar-refractivity contribution >= 4 is 5.91 Å². The first-order valence-electron chi connectivity index (χ1n) is 3.97. The molecule has 5 heteroatoms. The van der Waals surface area contributed by atoms with E-state index in [1.807, 2.05) is 0 Å². The van der Waals surface area contributed by atoms with Crippen molar-refractivity contribution in [3.8, 4) is 0 Å². The van der Waals surface area contributed by atoms with E-state index in [1.54, 1.807) is 25.5 Å². The van der Waals surface area contributed by atoms with Gasteiger partial charge in [-0.25, -0.2) is 0 Å². The summed E-state index contributed by atoms with van der Waals surface area (Å²) in [6, 6.07) is -0.345. The van der Waals surface area contributed by atoms with E-state index in [0.29, 0.717) is 6.54 Å². The summed E-state index contributed by atoms with van der Waals surface area (Å²) >= 11 is 0. The van der Waals surface area contributed by atoms with Crippen molar-refractivity contribution in [1.82, 2.24) is 15.3 Å². The number of hydrogen-bond acceptors (Lipinski definition) is 4. The van der Waals surface area contributed by atoms with Crippen LogP contribution in [0.3, 0.4) is 0 Å². The molecule has 0 aromatic carbocycles. The van der Waals surface area contributed by atoms with Gasteiger partial charge in [0.2, 0.25) is 5.91 Å². The summed E-state index contributed by atoms with van der Waals surface area (Å²) in [5.74, 6) is -0.371. The molecule has 3 N–H and O–H groups in total. The van der Waals surface area contributed by atoms with E-state index >= 15 is 0 Å². The van der Waals surface area contributed by atoms with Gasteiger partial charge in [0.1, 0.15) is 0 Å². The summed E-state index contributed by atoms with van der Waals surface area (Å²) in [6.45, 7) is 2.21. The van der Waals surface area contributed by atoms with Crippen LogP contribution in [-0.4, -0.2) is 21.9 Å². The molecule has 0 bridgehead atoms. The quantitative estimate of drug-likeness (QED) is 0.650. The van der Waals surface area contributed by atoms with Crippen molar-refractivity contribution in [2.24, 2.45) is 5.73 Å². The van der Waals surface area contributed by atoms with Gasteiger partial charge in [-0.3, -0.25) is 14.8 Å². The molecule has 1 aromatic rings. The van der Waals surface area contributed by atoms with Crippen LogP contribution in [0.15, 0.2) is 18.6 Å². The summed E-state index contributed by atoms with van der Waals surface area (Å²) in [4.78, 5) is 18.6. The van der Waals surface area contributed by atoms with Crippen molar-refractivity contribution in [1.29, 1.82) is 0 Å². The van der Waals surface area contributed by atoms with E-state index in [0.717, 1.165) is 5.69 Å². The zero-order valence-electron chi connectivity index (χ0n) is 7.40. The molecule has 1 unspecified atom stereocenters. The molecule has 1 aromatic heterocycles. The second kappa shape index (κ2) is 4.51. The molecule has 1 amide bonds. The molecule has 0 radical (unpaired) electrons. The van der Waals surface area contributed by atoms with Crippen molar-refractivity contribution in [3.63, 3.8) is 0 Å². The number of nitrogens with one attached hydrogen (secondary N) is 1. The molecule has 1 rings (SSSR count). The smallest absolute Gasteiger partial charge is 0.234 e. The molecular formula is C8H12N4O. The third-order valence-electron chi connectivity index (χ3n) is 1.63. The van der Waals surface area contributed by atoms with Gasteiger partial charge in [-0.2, -0.15) is 0 Å². The van der Waals surface area contributed by atoms with Crippen LogP contribution in [0.5, 0.6) is 0 Å². The molecule has 0 spiro atoms. The van der Waals surface area contributed by atoms with Gasteiger partial charge in [0, 0.05) is 25.1 Å². The van der Waals surface area contributed by atoms with Gasteiger partial charge in [0.05, 0.1) is 11.7 Å². The van der Waals surface area contributed by atoms with Gasteiger partial charge in [-0.15, -0.1) is 0 Å². The molecule has 1 atom stereocenters. The largest absolute Gasteiger partial charge is 0.368 e. The first kappa shape index (κ1) is 9.60. The third kappa shape index (κ3) is 3.16. The van der Waals surface area contributed by atoms with E-state index in [4.69, 9.17) is 5.73 Å². The minimum atomic E-state index is -0.371. The lowest BCUT2D eigenvalue weighted by Gasteiger charge is -2.08. The first-order valence-corrected chi connectivity index (χ1v) is 3.97. The average molecular weight is 180 g/mol. The molecule has 0 fully saturated rings. The predicted molar refractivity (Wildman–Crippen MR) is 47.5 cm³/mol. The SMILES string of the molecule is CC(NCc1cnccn1)C(N)=O. The van der Waals surface area contributed by atoms with Crippen LogP contribution in [0, 0.1) is 0 Å². The molecule has 70 valence electrons. The maximum absolute atomic E-state index is 10.6.